The Kier molecular flexibility index (Phi) is 5.69. The van der Waals surface area contributed by atoms with E-state index in [2.05, 4.69) is 24.4 Å². The summed E-state index contributed by atoms with van der Waals surface area (Å²) in [4.78, 5) is 17.8. The molecule has 134 valence electrons. The van der Waals surface area contributed by atoms with Gasteiger partial charge in [0.05, 0.1) is 17.2 Å². The van der Waals surface area contributed by atoms with E-state index in [0.29, 0.717) is 13.2 Å². The van der Waals surface area contributed by atoms with Crippen LogP contribution in [0, 0.1) is 6.92 Å². The largest absolute Gasteiger partial charge is 0.379 e. The summed E-state index contributed by atoms with van der Waals surface area (Å²) in [7, 11) is 0. The van der Waals surface area contributed by atoms with Crippen LogP contribution >= 0.6 is 0 Å². The maximum atomic E-state index is 13.0. The fourth-order valence-electron chi connectivity index (χ4n) is 3.48. The standard InChI is InChI=1S/C21H28N2O2/c1-14(2)25-12-6-11-22-21(24)20-16-7-4-5-8-18(16)23-19-10-9-15(3)13-17(19)20/h9-10,13-14H,4-8,11-12H2,1-3H3,(H,22,24). The number of pyridine rings is 1. The summed E-state index contributed by atoms with van der Waals surface area (Å²) in [6, 6.07) is 6.19. The molecule has 0 unspecified atom stereocenters. The number of aryl methyl sites for hydroxylation is 2. The lowest BCUT2D eigenvalue weighted by atomic mass is 9.89. The number of nitrogens with zero attached hydrogens (tertiary/aromatic N) is 1. The maximum Gasteiger partial charge on any atom is 0.252 e. The van der Waals surface area contributed by atoms with Crippen LogP contribution in [0.15, 0.2) is 18.2 Å². The second-order valence-electron chi connectivity index (χ2n) is 7.17. The van der Waals surface area contributed by atoms with E-state index in [9.17, 15) is 4.79 Å². The van der Waals surface area contributed by atoms with Gasteiger partial charge in [-0.25, -0.2) is 0 Å². The van der Waals surface area contributed by atoms with Crippen molar-refractivity contribution in [2.24, 2.45) is 0 Å². The molecule has 0 fully saturated rings. The number of hydrogen-bond donors (Lipinski definition) is 1. The first-order valence-corrected chi connectivity index (χ1v) is 9.38. The van der Waals surface area contributed by atoms with E-state index in [0.717, 1.165) is 65.4 Å². The third-order valence-corrected chi connectivity index (χ3v) is 4.70. The van der Waals surface area contributed by atoms with E-state index in [-0.39, 0.29) is 12.0 Å². The van der Waals surface area contributed by atoms with Crippen LogP contribution in [-0.2, 0) is 17.6 Å². The van der Waals surface area contributed by atoms with E-state index >= 15 is 0 Å². The van der Waals surface area contributed by atoms with Crippen molar-refractivity contribution in [2.45, 2.75) is 59.0 Å². The number of benzene rings is 1. The van der Waals surface area contributed by atoms with Crippen LogP contribution in [0.5, 0.6) is 0 Å². The highest BCUT2D eigenvalue weighted by molar-refractivity contribution is 6.07. The summed E-state index contributed by atoms with van der Waals surface area (Å²) in [6.45, 7) is 7.42. The Bertz CT molecular complexity index is 768. The molecule has 0 saturated carbocycles. The second kappa shape index (κ2) is 7.96. The van der Waals surface area contributed by atoms with Gasteiger partial charge < -0.3 is 10.1 Å². The molecular formula is C21H28N2O2. The predicted octanol–water partition coefficient (Wildman–Crippen LogP) is 3.97. The van der Waals surface area contributed by atoms with Crippen LogP contribution in [0.2, 0.25) is 0 Å². The van der Waals surface area contributed by atoms with E-state index in [4.69, 9.17) is 9.72 Å². The van der Waals surface area contributed by atoms with Crippen LogP contribution in [0.3, 0.4) is 0 Å². The van der Waals surface area contributed by atoms with Gasteiger partial charge in [0.15, 0.2) is 0 Å². The van der Waals surface area contributed by atoms with Crippen molar-refractivity contribution in [3.05, 3.63) is 40.6 Å². The molecule has 0 bridgehead atoms. The van der Waals surface area contributed by atoms with Gasteiger partial charge in [-0.15, -0.1) is 0 Å². The molecule has 1 aliphatic carbocycles. The molecule has 0 spiro atoms. The zero-order valence-corrected chi connectivity index (χ0v) is 15.5. The Morgan fingerprint density at radius 3 is 2.88 bits per heavy atom. The summed E-state index contributed by atoms with van der Waals surface area (Å²) < 4.78 is 5.54. The summed E-state index contributed by atoms with van der Waals surface area (Å²) >= 11 is 0. The molecule has 1 heterocycles. The fourth-order valence-corrected chi connectivity index (χ4v) is 3.48. The first-order valence-electron chi connectivity index (χ1n) is 9.38. The smallest absolute Gasteiger partial charge is 0.252 e. The van der Waals surface area contributed by atoms with Crippen LogP contribution in [0.4, 0.5) is 0 Å². The molecule has 1 amide bonds. The van der Waals surface area contributed by atoms with Gasteiger partial charge in [-0.2, -0.15) is 0 Å². The lowest BCUT2D eigenvalue weighted by Crippen LogP contribution is -2.28. The maximum absolute atomic E-state index is 13.0. The van der Waals surface area contributed by atoms with E-state index in [1.807, 2.05) is 19.9 Å². The van der Waals surface area contributed by atoms with Crippen LogP contribution < -0.4 is 5.32 Å². The van der Waals surface area contributed by atoms with Crippen molar-refractivity contribution in [2.75, 3.05) is 13.2 Å². The molecule has 0 aliphatic heterocycles. The zero-order valence-electron chi connectivity index (χ0n) is 15.5. The average molecular weight is 340 g/mol. The molecular weight excluding hydrogens is 312 g/mol. The van der Waals surface area contributed by atoms with Crippen molar-refractivity contribution < 1.29 is 9.53 Å². The number of ether oxygens (including phenoxy) is 1. The third-order valence-electron chi connectivity index (χ3n) is 4.70. The third kappa shape index (κ3) is 4.18. The lowest BCUT2D eigenvalue weighted by molar-refractivity contribution is 0.0757. The van der Waals surface area contributed by atoms with Crippen molar-refractivity contribution in [1.29, 1.82) is 0 Å². The van der Waals surface area contributed by atoms with Crippen LogP contribution in [0.1, 0.15) is 60.3 Å². The molecule has 1 aliphatic rings. The van der Waals surface area contributed by atoms with E-state index in [1.165, 1.54) is 0 Å². The number of carbonyl (C=O) groups excluding carboxylic acids is 1. The van der Waals surface area contributed by atoms with Crippen molar-refractivity contribution >= 4 is 16.8 Å². The highest BCUT2D eigenvalue weighted by atomic mass is 16.5. The van der Waals surface area contributed by atoms with Crippen molar-refractivity contribution in [3.8, 4) is 0 Å². The summed E-state index contributed by atoms with van der Waals surface area (Å²) in [5, 5.41) is 4.07. The van der Waals surface area contributed by atoms with Gasteiger partial charge >= 0.3 is 0 Å². The Balaban J connectivity index is 1.85. The number of amides is 1. The number of rotatable bonds is 6. The van der Waals surface area contributed by atoms with Gasteiger partial charge in [0.2, 0.25) is 0 Å². The number of hydrogen-bond acceptors (Lipinski definition) is 3. The molecule has 4 nitrogen and oxygen atoms in total. The predicted molar refractivity (Wildman–Crippen MR) is 101 cm³/mol. The number of fused-ring (bicyclic) bond motifs is 2. The first kappa shape index (κ1) is 17.9. The minimum absolute atomic E-state index is 0.0284. The minimum Gasteiger partial charge on any atom is -0.379 e. The highest BCUT2D eigenvalue weighted by Gasteiger charge is 2.22. The Labute approximate surface area is 150 Å². The molecule has 0 atom stereocenters. The average Bonchev–Trinajstić information content (AvgIpc) is 2.59. The SMILES string of the molecule is Cc1ccc2nc3c(c(C(=O)NCCCOC(C)C)c2c1)CCCC3. The van der Waals surface area contributed by atoms with Gasteiger partial charge in [0.1, 0.15) is 0 Å². The molecule has 1 N–H and O–H groups in total. The van der Waals surface area contributed by atoms with Crippen molar-refractivity contribution in [3.63, 3.8) is 0 Å². The zero-order chi connectivity index (χ0) is 17.8. The molecule has 1 aromatic carbocycles. The van der Waals surface area contributed by atoms with Crippen LogP contribution in [-0.4, -0.2) is 30.1 Å². The number of aromatic nitrogens is 1. The molecule has 25 heavy (non-hydrogen) atoms. The van der Waals surface area contributed by atoms with E-state index < -0.39 is 0 Å². The van der Waals surface area contributed by atoms with Gasteiger partial charge in [-0.3, -0.25) is 9.78 Å². The molecule has 1 aromatic heterocycles. The number of carbonyl (C=O) groups is 1. The normalized spacial score (nSPS) is 13.9. The number of nitrogens with one attached hydrogen (secondary N) is 1. The van der Waals surface area contributed by atoms with Gasteiger partial charge in [-0.1, -0.05) is 11.6 Å². The lowest BCUT2D eigenvalue weighted by Gasteiger charge is -2.20. The Morgan fingerprint density at radius 1 is 1.28 bits per heavy atom. The van der Waals surface area contributed by atoms with Gasteiger partial charge in [0.25, 0.3) is 5.91 Å². The second-order valence-corrected chi connectivity index (χ2v) is 7.17. The summed E-state index contributed by atoms with van der Waals surface area (Å²) in [5.74, 6) is 0.0284. The molecule has 0 saturated heterocycles. The topological polar surface area (TPSA) is 51.2 Å². The molecule has 0 radical (unpaired) electrons. The van der Waals surface area contributed by atoms with Gasteiger partial charge in [0, 0.05) is 24.2 Å². The monoisotopic (exact) mass is 340 g/mol. The minimum atomic E-state index is 0.0284. The first-order chi connectivity index (χ1) is 12.1. The van der Waals surface area contributed by atoms with Gasteiger partial charge in [-0.05, 0) is 70.6 Å². The molecule has 2 aromatic rings. The highest BCUT2D eigenvalue weighted by Crippen LogP contribution is 2.29. The molecule has 4 heteroatoms. The fraction of sp³-hybridized carbons (Fsp3) is 0.524. The molecule has 3 rings (SSSR count). The van der Waals surface area contributed by atoms with E-state index in [1.54, 1.807) is 0 Å². The summed E-state index contributed by atoms with van der Waals surface area (Å²) in [6.07, 6.45) is 5.27. The van der Waals surface area contributed by atoms with Crippen molar-refractivity contribution in [1.82, 2.24) is 10.3 Å². The van der Waals surface area contributed by atoms with Crippen LogP contribution in [0.25, 0.3) is 10.9 Å². The summed E-state index contributed by atoms with van der Waals surface area (Å²) in [5.41, 5.74) is 5.19. The quantitative estimate of drug-likeness (QED) is 0.810. The Hall–Kier alpha value is -1.94. The Morgan fingerprint density at radius 2 is 2.08 bits per heavy atom.